The molecule has 0 heterocycles. The smallest absolute Gasteiger partial charge is 0.0833 e. The van der Waals surface area contributed by atoms with Gasteiger partial charge in [0, 0.05) is 6.61 Å². The Kier molecular flexibility index (Phi) is 10.5. The second kappa shape index (κ2) is 11.7. The topological polar surface area (TPSA) is 29.5 Å². The monoisotopic (exact) mass is 270 g/mol. The van der Waals surface area contributed by atoms with Crippen molar-refractivity contribution in [2.45, 2.75) is 103 Å². The largest absolute Gasteiger partial charge is 0.390 e. The van der Waals surface area contributed by atoms with Crippen molar-refractivity contribution in [2.75, 3.05) is 6.61 Å². The van der Waals surface area contributed by atoms with E-state index >= 15 is 0 Å². The summed E-state index contributed by atoms with van der Waals surface area (Å²) in [5.74, 6) is 0. The van der Waals surface area contributed by atoms with Gasteiger partial charge in [-0.2, -0.15) is 0 Å². The van der Waals surface area contributed by atoms with Gasteiger partial charge in [-0.3, -0.25) is 0 Å². The maximum absolute atomic E-state index is 10.0. The van der Waals surface area contributed by atoms with E-state index in [1.54, 1.807) is 0 Å². The van der Waals surface area contributed by atoms with E-state index in [1.165, 1.54) is 64.2 Å². The van der Waals surface area contributed by atoms with Gasteiger partial charge in [0.05, 0.1) is 12.2 Å². The van der Waals surface area contributed by atoms with Crippen molar-refractivity contribution in [1.29, 1.82) is 0 Å². The Morgan fingerprint density at radius 1 is 0.842 bits per heavy atom. The molecule has 0 saturated heterocycles. The summed E-state index contributed by atoms with van der Waals surface area (Å²) in [5, 5.41) is 10.0. The van der Waals surface area contributed by atoms with Gasteiger partial charge in [0.1, 0.15) is 0 Å². The van der Waals surface area contributed by atoms with Crippen LogP contribution < -0.4 is 0 Å². The molecule has 2 heteroatoms. The molecule has 1 N–H and O–H groups in total. The molecule has 0 bridgehead atoms. The highest BCUT2D eigenvalue weighted by Crippen LogP contribution is 2.20. The molecular weight excluding hydrogens is 236 g/mol. The van der Waals surface area contributed by atoms with Gasteiger partial charge in [-0.15, -0.1) is 0 Å². The number of aliphatic hydroxyl groups excluding tert-OH is 1. The van der Waals surface area contributed by atoms with Gasteiger partial charge in [-0.25, -0.2) is 0 Å². The van der Waals surface area contributed by atoms with Crippen molar-refractivity contribution in [1.82, 2.24) is 0 Å². The molecule has 0 aromatic heterocycles. The van der Waals surface area contributed by atoms with E-state index in [1.807, 2.05) is 0 Å². The van der Waals surface area contributed by atoms with E-state index in [0.29, 0.717) is 0 Å². The minimum Gasteiger partial charge on any atom is -0.390 e. The average Bonchev–Trinajstić information content (AvgIpc) is 2.40. The fraction of sp³-hybridized carbons (Fsp3) is 1.00. The maximum atomic E-state index is 10.0. The summed E-state index contributed by atoms with van der Waals surface area (Å²) in [7, 11) is 0. The van der Waals surface area contributed by atoms with Crippen LogP contribution in [0.5, 0.6) is 0 Å². The van der Waals surface area contributed by atoms with E-state index in [9.17, 15) is 5.11 Å². The summed E-state index contributed by atoms with van der Waals surface area (Å²) in [6, 6.07) is 0. The van der Waals surface area contributed by atoms with Crippen molar-refractivity contribution in [2.24, 2.45) is 0 Å². The van der Waals surface area contributed by atoms with Crippen LogP contribution in [0.15, 0.2) is 0 Å². The first-order chi connectivity index (χ1) is 9.34. The number of ether oxygens (including phenoxy) is 1. The van der Waals surface area contributed by atoms with Crippen LogP contribution in [0.2, 0.25) is 0 Å². The lowest BCUT2D eigenvalue weighted by atomic mass is 9.96. The van der Waals surface area contributed by atoms with Gasteiger partial charge in [-0.05, 0) is 19.3 Å². The summed E-state index contributed by atoms with van der Waals surface area (Å²) < 4.78 is 5.91. The molecule has 1 saturated carbocycles. The minimum atomic E-state index is -0.218. The summed E-state index contributed by atoms with van der Waals surface area (Å²) >= 11 is 0. The lowest BCUT2D eigenvalue weighted by Crippen LogP contribution is -2.30. The van der Waals surface area contributed by atoms with Crippen LogP contribution in [-0.4, -0.2) is 23.9 Å². The van der Waals surface area contributed by atoms with Crippen molar-refractivity contribution in [3.63, 3.8) is 0 Å². The third kappa shape index (κ3) is 8.65. The van der Waals surface area contributed by atoms with Crippen molar-refractivity contribution >= 4 is 0 Å². The van der Waals surface area contributed by atoms with Gasteiger partial charge < -0.3 is 9.84 Å². The first kappa shape index (κ1) is 17.0. The predicted molar refractivity (Wildman–Crippen MR) is 81.4 cm³/mol. The van der Waals surface area contributed by atoms with Gasteiger partial charge in [0.15, 0.2) is 0 Å². The number of rotatable bonds is 9. The third-order valence-electron chi connectivity index (χ3n) is 4.25. The zero-order valence-corrected chi connectivity index (χ0v) is 12.9. The summed E-state index contributed by atoms with van der Waals surface area (Å²) in [5.41, 5.74) is 0. The highest BCUT2D eigenvalue weighted by Gasteiger charge is 2.20. The first-order valence-electron chi connectivity index (χ1n) is 8.64. The minimum absolute atomic E-state index is 0.111. The zero-order chi connectivity index (χ0) is 13.8. The molecule has 2 unspecified atom stereocenters. The fourth-order valence-electron chi connectivity index (χ4n) is 2.92. The molecule has 1 fully saturated rings. The number of aliphatic hydroxyl groups is 1. The maximum Gasteiger partial charge on any atom is 0.0833 e. The Morgan fingerprint density at radius 3 is 2.21 bits per heavy atom. The molecule has 1 aliphatic carbocycles. The summed E-state index contributed by atoms with van der Waals surface area (Å²) in [6.07, 6.45) is 16.1. The predicted octanol–water partition coefficient (Wildman–Crippen LogP) is 4.84. The molecule has 0 aliphatic heterocycles. The Hall–Kier alpha value is -0.0800. The normalized spacial score (nSPS) is 24.9. The molecule has 19 heavy (non-hydrogen) atoms. The molecule has 0 amide bonds. The Bertz CT molecular complexity index is 194. The quantitative estimate of drug-likeness (QED) is 0.608. The summed E-state index contributed by atoms with van der Waals surface area (Å²) in [6.45, 7) is 3.10. The van der Waals surface area contributed by atoms with Crippen molar-refractivity contribution in [3.8, 4) is 0 Å². The highest BCUT2D eigenvalue weighted by molar-refractivity contribution is 4.72. The van der Waals surface area contributed by atoms with E-state index in [4.69, 9.17) is 4.74 Å². The SMILES string of the molecule is CCCCCCCCCOC1CCCCCCC1O. The van der Waals surface area contributed by atoms with Crippen LogP contribution in [0.3, 0.4) is 0 Å². The molecule has 1 rings (SSSR count). The molecule has 2 nitrogen and oxygen atoms in total. The molecule has 0 aromatic rings. The lowest BCUT2D eigenvalue weighted by Gasteiger charge is -2.25. The number of hydrogen-bond donors (Lipinski definition) is 1. The Balaban J connectivity index is 1.97. The molecular formula is C17H34O2. The van der Waals surface area contributed by atoms with Crippen molar-refractivity contribution in [3.05, 3.63) is 0 Å². The van der Waals surface area contributed by atoms with E-state index in [2.05, 4.69) is 6.92 Å². The second-order valence-corrected chi connectivity index (χ2v) is 6.09. The van der Waals surface area contributed by atoms with Crippen LogP contribution in [0.1, 0.15) is 90.4 Å². The number of unbranched alkanes of at least 4 members (excludes halogenated alkanes) is 6. The standard InChI is InChI=1S/C17H34O2/c1-2-3-4-5-6-9-12-15-19-17-14-11-8-7-10-13-16(17)18/h16-18H,2-15H2,1H3. The molecule has 0 radical (unpaired) electrons. The van der Waals surface area contributed by atoms with Crippen LogP contribution in [-0.2, 0) is 4.74 Å². The lowest BCUT2D eigenvalue weighted by molar-refractivity contribution is -0.0502. The molecule has 0 aromatic carbocycles. The van der Waals surface area contributed by atoms with Crippen LogP contribution in [0, 0.1) is 0 Å². The number of hydrogen-bond acceptors (Lipinski definition) is 2. The Labute approximate surface area is 119 Å². The summed E-state index contributed by atoms with van der Waals surface area (Å²) in [4.78, 5) is 0. The van der Waals surface area contributed by atoms with Crippen molar-refractivity contribution < 1.29 is 9.84 Å². The van der Waals surface area contributed by atoms with Gasteiger partial charge in [0.25, 0.3) is 0 Å². The molecule has 0 spiro atoms. The van der Waals surface area contributed by atoms with Gasteiger partial charge in [0.2, 0.25) is 0 Å². The van der Waals surface area contributed by atoms with E-state index in [-0.39, 0.29) is 12.2 Å². The van der Waals surface area contributed by atoms with Crippen LogP contribution in [0.4, 0.5) is 0 Å². The molecule has 2 atom stereocenters. The molecule has 1 aliphatic rings. The van der Waals surface area contributed by atoms with Gasteiger partial charge in [-0.1, -0.05) is 71.1 Å². The highest BCUT2D eigenvalue weighted by atomic mass is 16.5. The Morgan fingerprint density at radius 2 is 1.47 bits per heavy atom. The second-order valence-electron chi connectivity index (χ2n) is 6.09. The molecule has 114 valence electrons. The zero-order valence-electron chi connectivity index (χ0n) is 12.9. The fourth-order valence-corrected chi connectivity index (χ4v) is 2.92. The average molecular weight is 270 g/mol. The first-order valence-corrected chi connectivity index (χ1v) is 8.64. The van der Waals surface area contributed by atoms with E-state index in [0.717, 1.165) is 25.9 Å². The van der Waals surface area contributed by atoms with Crippen LogP contribution >= 0.6 is 0 Å². The third-order valence-corrected chi connectivity index (χ3v) is 4.25. The van der Waals surface area contributed by atoms with E-state index < -0.39 is 0 Å². The van der Waals surface area contributed by atoms with Crippen LogP contribution in [0.25, 0.3) is 0 Å². The van der Waals surface area contributed by atoms with Gasteiger partial charge >= 0.3 is 0 Å².